The Balaban J connectivity index is 0. The van der Waals surface area contributed by atoms with E-state index in [1.165, 1.54) is 0 Å². The van der Waals surface area contributed by atoms with E-state index in [1.807, 2.05) is 0 Å². The maximum absolute atomic E-state index is 0. The molecule has 0 nitrogen and oxygen atoms in total. The Morgan fingerprint density at radius 2 is 0.0227 bits per heavy atom. The van der Waals surface area contributed by atoms with E-state index in [4.69, 9.17) is 0 Å². The number of hydrogen-bond donors (Lipinski definition) is 0. The second-order valence-corrected chi connectivity index (χ2v) is 0. The summed E-state index contributed by atoms with van der Waals surface area (Å²) in [6, 6.07) is 0. The molecule has 0 fully saturated rings. The second-order valence-electron chi connectivity index (χ2n) is 0. The molecule has 0 saturated carbocycles. The summed E-state index contributed by atoms with van der Waals surface area (Å²) in [5.74, 6) is 0. The summed E-state index contributed by atoms with van der Waals surface area (Å²) in [7, 11) is 0. The van der Waals surface area contributed by atoms with Gasteiger partial charge in [-0.15, -0.1) is 0 Å². The predicted molar refractivity (Wildman–Crippen MR) is 253 cm³/mol. The molecule has 44 heavy (non-hydrogen) atoms. The fourth-order valence-corrected chi connectivity index (χ4v) is 0. The minimum Gasteiger partial charge on any atom is 0 e. The Morgan fingerprint density at radius 1 is 0.0227 bits per heavy atom. The number of rotatable bonds is 0. The van der Waals surface area contributed by atoms with E-state index in [2.05, 4.69) is 0 Å². The van der Waals surface area contributed by atoms with Crippen LogP contribution in [0.5, 0.6) is 0 Å². The fraction of sp³-hybridized carbons (Fsp3) is 0. The van der Waals surface area contributed by atoms with Gasteiger partial charge in [0.05, 0.1) is 0 Å². The van der Waals surface area contributed by atoms with Crippen LogP contribution in [0.25, 0.3) is 0 Å². The van der Waals surface area contributed by atoms with Crippen LogP contribution in [0, 0.1) is 0 Å². The van der Waals surface area contributed by atoms with Crippen LogP contribution in [-0.2, 0) is 0 Å². The molecule has 0 aromatic rings. The SMILES string of the molecule is [Na].[Na].[Na].[Na].[Na].[Na].[Na].[Na].[Na].[Na].[Na].[Na].[Na].[Na].[Na].[Na].[Na].[Na].[Na].[Na].[Na].[Na].[Na].[Na].[Na].[Na].[Na].[Na].[Na].[Na].[Na].[Na].[Na].[Na].[Na].[Na].[Na].[Na].[Na].[Na].[Na].[Na].[Na].[Na]. The van der Waals surface area contributed by atoms with E-state index < -0.39 is 0 Å². The summed E-state index contributed by atoms with van der Waals surface area (Å²) in [5.41, 5.74) is 0. The molecule has 0 rings (SSSR count). The van der Waals surface area contributed by atoms with Crippen molar-refractivity contribution in [2.24, 2.45) is 0 Å². The molecule has 44 heteroatoms. The first-order valence-electron chi connectivity index (χ1n) is 0. The van der Waals surface area contributed by atoms with E-state index in [-0.39, 0.29) is 1300 Å². The normalized spacial score (nSPS) is 0. The average molecular weight is 1010 g/mol. The van der Waals surface area contributed by atoms with Gasteiger partial charge in [-0.25, -0.2) is 0 Å². The van der Waals surface area contributed by atoms with Crippen LogP contribution in [-0.4, -0.2) is 1300 Å². The number of hydrogen-bond acceptors (Lipinski definition) is 0. The van der Waals surface area contributed by atoms with Crippen molar-refractivity contribution >= 4 is 1300 Å². The first-order chi connectivity index (χ1) is 0. The van der Waals surface area contributed by atoms with Gasteiger partial charge in [-0.2, -0.15) is 0 Å². The van der Waals surface area contributed by atoms with Crippen molar-refractivity contribution in [2.75, 3.05) is 0 Å². The van der Waals surface area contributed by atoms with Gasteiger partial charge in [0.2, 0.25) is 0 Å². The summed E-state index contributed by atoms with van der Waals surface area (Å²) >= 11 is 0. The molecule has 0 amide bonds. The molecule has 0 saturated heterocycles. The summed E-state index contributed by atoms with van der Waals surface area (Å²) < 4.78 is 0. The van der Waals surface area contributed by atoms with Crippen LogP contribution in [0.2, 0.25) is 0 Å². The monoisotopic (exact) mass is 1010 g/mol. The van der Waals surface area contributed by atoms with Gasteiger partial charge in [0.25, 0.3) is 0 Å². The topological polar surface area (TPSA) is 0 Å². The summed E-state index contributed by atoms with van der Waals surface area (Å²) in [6.45, 7) is 0. The smallest absolute Gasteiger partial charge is 0 e. The van der Waals surface area contributed by atoms with Gasteiger partial charge >= 0.3 is 0 Å². The summed E-state index contributed by atoms with van der Waals surface area (Å²) in [6.07, 6.45) is 0. The Bertz CT molecular complexity index is 0. The van der Waals surface area contributed by atoms with Gasteiger partial charge < -0.3 is 0 Å². The minimum atomic E-state index is 0. The molecule has 0 bridgehead atoms. The van der Waals surface area contributed by atoms with Crippen LogP contribution in [0.15, 0.2) is 0 Å². The van der Waals surface area contributed by atoms with Gasteiger partial charge in [-0.05, 0) is 0 Å². The molecular formula is Na44. The third kappa shape index (κ3) is 321. The fourth-order valence-electron chi connectivity index (χ4n) is 0. The van der Waals surface area contributed by atoms with E-state index >= 15 is 0 Å². The van der Waals surface area contributed by atoms with Crippen LogP contribution in [0.3, 0.4) is 0 Å². The zero-order valence-corrected chi connectivity index (χ0v) is 132. The molecule has 0 heterocycles. The quantitative estimate of drug-likeness (QED) is 0.212. The Hall–Kier alpha value is 44.0. The molecule has 0 aliphatic rings. The molecular weight excluding hydrogens is 1010 g/mol. The van der Waals surface area contributed by atoms with Crippen LogP contribution < -0.4 is 0 Å². The Kier molecular flexibility index (Phi) is 2600. The Morgan fingerprint density at radius 3 is 0.0227 bits per heavy atom. The van der Waals surface area contributed by atoms with Crippen molar-refractivity contribution < 1.29 is 0 Å². The molecule has 0 N–H and O–H groups in total. The van der Waals surface area contributed by atoms with Crippen molar-refractivity contribution in [3.63, 3.8) is 0 Å². The van der Waals surface area contributed by atoms with Gasteiger partial charge in [-0.1, -0.05) is 0 Å². The van der Waals surface area contributed by atoms with Crippen LogP contribution in [0.1, 0.15) is 0 Å². The molecule has 44 radical (unpaired) electrons. The zero-order valence-electron chi connectivity index (χ0n) is 44.0. The molecule has 0 aromatic carbocycles. The first-order valence-corrected chi connectivity index (χ1v) is 0. The molecule has 0 aliphatic heterocycles. The van der Waals surface area contributed by atoms with Gasteiger partial charge in [-0.3, -0.25) is 0 Å². The Labute approximate surface area is 1250 Å². The average Bonchev–Trinajstić information content (AvgIpc) is 0. The largest absolute Gasteiger partial charge is 0 e. The van der Waals surface area contributed by atoms with Gasteiger partial charge in [0.1, 0.15) is 0 Å². The second kappa shape index (κ2) is 332. The van der Waals surface area contributed by atoms with E-state index in [0.717, 1.165) is 0 Å². The molecule has 0 atom stereocenters. The van der Waals surface area contributed by atoms with Crippen LogP contribution >= 0.6 is 0 Å². The molecule has 0 aliphatic carbocycles. The van der Waals surface area contributed by atoms with Crippen LogP contribution in [0.4, 0.5) is 0 Å². The predicted octanol–water partition coefficient (Wildman–Crippen LogP) is -16.8. The van der Waals surface area contributed by atoms with Crippen molar-refractivity contribution in [3.8, 4) is 0 Å². The van der Waals surface area contributed by atoms with Crippen molar-refractivity contribution in [2.45, 2.75) is 0 Å². The molecule has 0 spiro atoms. The van der Waals surface area contributed by atoms with Gasteiger partial charge in [0.15, 0.2) is 0 Å². The molecule has 44 valence electrons. The van der Waals surface area contributed by atoms with Crippen molar-refractivity contribution in [1.29, 1.82) is 0 Å². The summed E-state index contributed by atoms with van der Waals surface area (Å²) in [4.78, 5) is 0. The third-order valence-corrected chi connectivity index (χ3v) is 0. The third-order valence-electron chi connectivity index (χ3n) is 0. The van der Waals surface area contributed by atoms with Crippen molar-refractivity contribution in [1.82, 2.24) is 0 Å². The van der Waals surface area contributed by atoms with E-state index in [9.17, 15) is 0 Å². The van der Waals surface area contributed by atoms with E-state index in [1.54, 1.807) is 0 Å². The maximum Gasteiger partial charge on any atom is 0 e. The standard InChI is InChI=1S/44Na. The zero-order chi connectivity index (χ0) is 0. The minimum absolute atomic E-state index is 0. The molecule has 0 aromatic heterocycles. The van der Waals surface area contributed by atoms with Gasteiger partial charge in [0, 0.05) is 1300 Å². The first kappa shape index (κ1) is 344. The molecule has 0 unspecified atom stereocenters. The summed E-state index contributed by atoms with van der Waals surface area (Å²) in [5, 5.41) is 0. The van der Waals surface area contributed by atoms with Crippen molar-refractivity contribution in [3.05, 3.63) is 0 Å². The van der Waals surface area contributed by atoms with E-state index in [0.29, 0.717) is 0 Å². The maximum atomic E-state index is 0.